The van der Waals surface area contributed by atoms with Crippen molar-refractivity contribution in [1.82, 2.24) is 4.57 Å². The standard InChI is InChI=1S/C70H46N2O/c1-69(2)56-26-11-6-23-50(56)53-41-55-54-40-44(36-39-61(54)71(64(55)42-60(53)69)45-18-4-3-5-19-45)43-34-37-46(38-35-43)72(62-30-17-33-66-67(62)52-24-10-15-32-65(52)73-66)63-31-16-25-51-49-22-9-14-29-59(49)70(68(51)63)57-27-12-7-20-47(57)48-21-8-13-28-58(48)70/h3-42H,1-2H3. The Balaban J connectivity index is 0.921. The molecule has 0 N–H and O–H groups in total. The van der Waals surface area contributed by atoms with Gasteiger partial charge in [0.15, 0.2) is 0 Å². The minimum atomic E-state index is -0.549. The predicted octanol–water partition coefficient (Wildman–Crippen LogP) is 18.5. The van der Waals surface area contributed by atoms with Gasteiger partial charge in [-0.1, -0.05) is 184 Å². The highest BCUT2D eigenvalue weighted by molar-refractivity contribution is 6.15. The third kappa shape index (κ3) is 5.33. The van der Waals surface area contributed by atoms with Crippen LogP contribution in [0.2, 0.25) is 0 Å². The molecule has 2 aromatic heterocycles. The number of fused-ring (bicyclic) bond motifs is 19. The first-order valence-corrected chi connectivity index (χ1v) is 25.5. The van der Waals surface area contributed by atoms with E-state index in [9.17, 15) is 0 Å². The Hall–Kier alpha value is -9.18. The summed E-state index contributed by atoms with van der Waals surface area (Å²) in [4.78, 5) is 2.51. The lowest BCUT2D eigenvalue weighted by Crippen LogP contribution is -2.28. The first-order valence-electron chi connectivity index (χ1n) is 25.5. The van der Waals surface area contributed by atoms with Crippen LogP contribution in [0, 0.1) is 0 Å². The number of rotatable bonds is 5. The van der Waals surface area contributed by atoms with Gasteiger partial charge in [-0.15, -0.1) is 0 Å². The van der Waals surface area contributed by atoms with Gasteiger partial charge in [-0.25, -0.2) is 0 Å². The Bertz CT molecular complexity index is 4410. The summed E-state index contributed by atoms with van der Waals surface area (Å²) in [5.74, 6) is 0. The lowest BCUT2D eigenvalue weighted by Gasteiger charge is -2.36. The molecule has 13 aromatic rings. The second-order valence-electron chi connectivity index (χ2n) is 20.7. The Morgan fingerprint density at radius 3 is 1.64 bits per heavy atom. The van der Waals surface area contributed by atoms with Crippen molar-refractivity contribution in [2.75, 3.05) is 4.90 Å². The highest BCUT2D eigenvalue weighted by Crippen LogP contribution is 2.65. The minimum absolute atomic E-state index is 0.106. The number of nitrogens with zero attached hydrogens (tertiary/aromatic N) is 2. The minimum Gasteiger partial charge on any atom is -0.456 e. The third-order valence-corrected chi connectivity index (χ3v) is 16.8. The van der Waals surface area contributed by atoms with Crippen LogP contribution in [0.4, 0.5) is 17.1 Å². The molecule has 0 fully saturated rings. The molecule has 0 saturated heterocycles. The fraction of sp³-hybridized carbons (Fsp3) is 0.0571. The number of hydrogen-bond acceptors (Lipinski definition) is 2. The van der Waals surface area contributed by atoms with E-state index in [4.69, 9.17) is 4.42 Å². The molecule has 0 radical (unpaired) electrons. The lowest BCUT2D eigenvalue weighted by atomic mass is 9.70. The van der Waals surface area contributed by atoms with Crippen LogP contribution in [0.15, 0.2) is 247 Å². The molecule has 16 rings (SSSR count). The van der Waals surface area contributed by atoms with Crippen LogP contribution in [-0.2, 0) is 10.8 Å². The summed E-state index contributed by atoms with van der Waals surface area (Å²) in [7, 11) is 0. The average Bonchev–Trinajstić information content (AvgIpc) is 4.21. The summed E-state index contributed by atoms with van der Waals surface area (Å²) in [5, 5.41) is 4.69. The Morgan fingerprint density at radius 1 is 0.370 bits per heavy atom. The van der Waals surface area contributed by atoms with E-state index in [1.807, 2.05) is 0 Å². The molecule has 0 unspecified atom stereocenters. The summed E-state index contributed by atoms with van der Waals surface area (Å²) < 4.78 is 9.10. The zero-order chi connectivity index (χ0) is 48.2. The number of anilines is 3. The van der Waals surface area contributed by atoms with E-state index in [0.717, 1.165) is 50.3 Å². The van der Waals surface area contributed by atoms with E-state index < -0.39 is 5.41 Å². The van der Waals surface area contributed by atoms with Gasteiger partial charge < -0.3 is 13.9 Å². The lowest BCUT2D eigenvalue weighted by molar-refractivity contribution is 0.661. The number of aromatic nitrogens is 1. The van der Waals surface area contributed by atoms with Crippen molar-refractivity contribution in [3.63, 3.8) is 0 Å². The maximum Gasteiger partial charge on any atom is 0.137 e. The van der Waals surface area contributed by atoms with Gasteiger partial charge in [-0.05, 0) is 145 Å². The van der Waals surface area contributed by atoms with Crippen molar-refractivity contribution in [2.45, 2.75) is 24.7 Å². The predicted molar refractivity (Wildman–Crippen MR) is 302 cm³/mol. The summed E-state index contributed by atoms with van der Waals surface area (Å²) in [6.07, 6.45) is 0. The van der Waals surface area contributed by atoms with E-state index >= 15 is 0 Å². The zero-order valence-electron chi connectivity index (χ0n) is 40.4. The highest BCUT2D eigenvalue weighted by Gasteiger charge is 2.53. The van der Waals surface area contributed by atoms with Gasteiger partial charge in [0.05, 0.1) is 33.2 Å². The van der Waals surface area contributed by atoms with Crippen molar-refractivity contribution < 1.29 is 4.42 Å². The second kappa shape index (κ2) is 14.7. The highest BCUT2D eigenvalue weighted by atomic mass is 16.3. The average molecular weight is 931 g/mol. The molecule has 0 saturated carbocycles. The molecule has 0 amide bonds. The van der Waals surface area contributed by atoms with Gasteiger partial charge in [-0.2, -0.15) is 0 Å². The molecule has 0 bridgehead atoms. The molecule has 0 atom stereocenters. The van der Waals surface area contributed by atoms with Gasteiger partial charge in [0.1, 0.15) is 11.2 Å². The SMILES string of the molecule is CC1(C)c2ccccc2-c2cc3c4cc(-c5ccc(N(c6cccc7c6C6(c8ccccc8-c8ccccc86)c6ccccc6-7)c6cccc7oc8ccccc8c67)cc5)ccc4n(-c4ccccc4)c3cc21. The van der Waals surface area contributed by atoms with Crippen LogP contribution >= 0.6 is 0 Å². The van der Waals surface area contributed by atoms with Crippen LogP contribution in [0.25, 0.3) is 93.9 Å². The van der Waals surface area contributed by atoms with Crippen LogP contribution in [0.3, 0.4) is 0 Å². The molecule has 342 valence electrons. The molecule has 3 aliphatic rings. The van der Waals surface area contributed by atoms with E-state index in [1.54, 1.807) is 0 Å². The first kappa shape index (κ1) is 40.5. The van der Waals surface area contributed by atoms with Crippen LogP contribution in [0.1, 0.15) is 47.2 Å². The monoisotopic (exact) mass is 930 g/mol. The van der Waals surface area contributed by atoms with E-state index in [0.29, 0.717) is 0 Å². The van der Waals surface area contributed by atoms with Crippen molar-refractivity contribution in [1.29, 1.82) is 0 Å². The maximum absolute atomic E-state index is 6.64. The third-order valence-electron chi connectivity index (χ3n) is 16.8. The van der Waals surface area contributed by atoms with Crippen LogP contribution in [0.5, 0.6) is 0 Å². The van der Waals surface area contributed by atoms with E-state index in [1.165, 1.54) is 94.1 Å². The zero-order valence-corrected chi connectivity index (χ0v) is 40.4. The van der Waals surface area contributed by atoms with Crippen molar-refractivity contribution >= 4 is 60.8 Å². The molecular formula is C70H46N2O. The van der Waals surface area contributed by atoms with Gasteiger partial charge in [0, 0.05) is 38.5 Å². The quantitative estimate of drug-likeness (QED) is 0.171. The van der Waals surface area contributed by atoms with E-state index in [2.05, 4.69) is 266 Å². The van der Waals surface area contributed by atoms with Gasteiger partial charge in [0.2, 0.25) is 0 Å². The molecule has 11 aromatic carbocycles. The number of furan rings is 1. The molecular weight excluding hydrogens is 885 g/mol. The van der Waals surface area contributed by atoms with Gasteiger partial charge in [-0.3, -0.25) is 0 Å². The fourth-order valence-electron chi connectivity index (χ4n) is 13.7. The Kier molecular flexibility index (Phi) is 8.16. The Labute approximate surface area is 423 Å². The number of para-hydroxylation sites is 2. The van der Waals surface area contributed by atoms with Crippen molar-refractivity contribution in [3.8, 4) is 50.2 Å². The molecule has 3 aliphatic carbocycles. The summed E-state index contributed by atoms with van der Waals surface area (Å²) in [6, 6.07) is 90.2. The molecule has 1 spiro atoms. The fourth-order valence-corrected chi connectivity index (χ4v) is 13.7. The van der Waals surface area contributed by atoms with Crippen LogP contribution < -0.4 is 4.90 Å². The first-order chi connectivity index (χ1) is 36.0. The van der Waals surface area contributed by atoms with Crippen LogP contribution in [-0.4, -0.2) is 4.57 Å². The second-order valence-corrected chi connectivity index (χ2v) is 20.7. The van der Waals surface area contributed by atoms with Gasteiger partial charge in [0.25, 0.3) is 0 Å². The van der Waals surface area contributed by atoms with Crippen molar-refractivity contribution in [2.24, 2.45) is 0 Å². The molecule has 0 aliphatic heterocycles. The summed E-state index contributed by atoms with van der Waals surface area (Å²) in [5.41, 5.74) is 26.1. The largest absolute Gasteiger partial charge is 0.456 e. The topological polar surface area (TPSA) is 21.3 Å². The maximum atomic E-state index is 6.64. The molecule has 3 heteroatoms. The van der Waals surface area contributed by atoms with E-state index in [-0.39, 0.29) is 5.41 Å². The molecule has 73 heavy (non-hydrogen) atoms. The number of hydrogen-bond donors (Lipinski definition) is 0. The number of benzene rings is 11. The summed E-state index contributed by atoms with van der Waals surface area (Å²) in [6.45, 7) is 4.74. The van der Waals surface area contributed by atoms with Gasteiger partial charge >= 0.3 is 0 Å². The normalized spacial score (nSPS) is 14.1. The smallest absolute Gasteiger partial charge is 0.137 e. The van der Waals surface area contributed by atoms with Crippen molar-refractivity contribution in [3.05, 3.63) is 276 Å². The Morgan fingerprint density at radius 2 is 0.918 bits per heavy atom. The summed E-state index contributed by atoms with van der Waals surface area (Å²) >= 11 is 0. The molecule has 3 nitrogen and oxygen atoms in total. The molecule has 2 heterocycles.